The largest absolute Gasteiger partial charge is 1.00 e. The Labute approximate surface area is 209 Å². The van der Waals surface area contributed by atoms with Crippen LogP contribution in [0.1, 0.15) is 24.8 Å². The van der Waals surface area contributed by atoms with Crippen molar-refractivity contribution in [3.8, 4) is 28.4 Å². The number of nitrogens with two attached hydrogens (primary N) is 1. The molecule has 0 saturated carbocycles. The van der Waals surface area contributed by atoms with E-state index < -0.39 is 11.9 Å². The van der Waals surface area contributed by atoms with E-state index >= 15 is 0 Å². The van der Waals surface area contributed by atoms with Gasteiger partial charge in [0.05, 0.1) is 13.0 Å². The van der Waals surface area contributed by atoms with Gasteiger partial charge in [0.1, 0.15) is 17.2 Å². The topological polar surface area (TPSA) is 102 Å². The smallest absolute Gasteiger partial charge is 0.550 e. The summed E-state index contributed by atoms with van der Waals surface area (Å²) >= 11 is 0. The van der Waals surface area contributed by atoms with Crippen LogP contribution in [0.4, 0.5) is 0 Å². The Morgan fingerprint density at radius 1 is 0.875 bits per heavy atom. The number of carbonyl (C=O) groups excluding carboxylic acids is 2. The molecule has 0 bridgehead atoms. The van der Waals surface area contributed by atoms with Gasteiger partial charge < -0.3 is 25.1 Å². The van der Waals surface area contributed by atoms with Gasteiger partial charge in [0, 0.05) is 23.2 Å². The van der Waals surface area contributed by atoms with Crippen molar-refractivity contribution in [1.29, 1.82) is 0 Å². The number of carboxylic acids is 1. The summed E-state index contributed by atoms with van der Waals surface area (Å²) in [6, 6.07) is 22.9. The zero-order valence-electron chi connectivity index (χ0n) is 18.1. The third-order valence-corrected chi connectivity index (χ3v) is 4.64. The van der Waals surface area contributed by atoms with Gasteiger partial charge in [-0.3, -0.25) is 4.79 Å². The first kappa shape index (κ1) is 25.5. The number of carboxylic acid groups (broad SMARTS) is 1. The van der Waals surface area contributed by atoms with E-state index in [1.807, 2.05) is 54.6 Å². The standard InChI is InChI=1S/C25H25NO5.Na/c26-24(27)16-19-13-14-20(17-23(19)30-15-7-6-12-25(28)29)31-22-11-5-4-10-21(22)18-8-2-1-3-9-18;/h1-5,8-11,13-14,17H,6-7,12,15-16H2,(H2,26,27)(H,28,29);/q;+1/p-1. The first-order valence-corrected chi connectivity index (χ1v) is 10.1. The summed E-state index contributed by atoms with van der Waals surface area (Å²) < 4.78 is 12.0. The summed E-state index contributed by atoms with van der Waals surface area (Å²) in [5.74, 6) is 0.186. The molecule has 3 aromatic carbocycles. The average molecular weight is 441 g/mol. The predicted octanol–water partition coefficient (Wildman–Crippen LogP) is 0.477. The molecule has 0 radical (unpaired) electrons. The third kappa shape index (κ3) is 7.71. The molecule has 0 heterocycles. The number of aliphatic carboxylic acids is 1. The van der Waals surface area contributed by atoms with Crippen molar-refractivity contribution in [2.45, 2.75) is 25.7 Å². The van der Waals surface area contributed by atoms with E-state index in [-0.39, 0.29) is 42.4 Å². The minimum Gasteiger partial charge on any atom is -0.550 e. The summed E-state index contributed by atoms with van der Waals surface area (Å²) in [6.07, 6.45) is 1.02. The van der Waals surface area contributed by atoms with Gasteiger partial charge in [-0.05, 0) is 37.0 Å². The molecule has 3 rings (SSSR count). The Hall–Kier alpha value is -2.80. The molecular formula is C25H24NNaO5. The maximum Gasteiger partial charge on any atom is 1.00 e. The van der Waals surface area contributed by atoms with Crippen LogP contribution in [0.5, 0.6) is 17.2 Å². The van der Waals surface area contributed by atoms with Crippen LogP contribution >= 0.6 is 0 Å². The molecule has 0 spiro atoms. The second-order valence-corrected chi connectivity index (χ2v) is 7.05. The zero-order valence-corrected chi connectivity index (χ0v) is 20.1. The van der Waals surface area contributed by atoms with Crippen LogP contribution in [0, 0.1) is 0 Å². The first-order valence-electron chi connectivity index (χ1n) is 10.1. The minimum atomic E-state index is -1.08. The quantitative estimate of drug-likeness (QED) is 0.345. The van der Waals surface area contributed by atoms with Crippen molar-refractivity contribution in [2.75, 3.05) is 6.61 Å². The maximum atomic E-state index is 11.4. The average Bonchev–Trinajstić information content (AvgIpc) is 2.75. The second kappa shape index (κ2) is 12.9. The molecule has 1 amide bonds. The van der Waals surface area contributed by atoms with Gasteiger partial charge >= 0.3 is 29.6 Å². The molecule has 0 fully saturated rings. The van der Waals surface area contributed by atoms with Crippen LogP contribution in [-0.4, -0.2) is 18.5 Å². The Morgan fingerprint density at radius 2 is 1.59 bits per heavy atom. The number of ether oxygens (including phenoxy) is 2. The number of carbonyl (C=O) groups is 2. The molecule has 6 nitrogen and oxygen atoms in total. The van der Waals surface area contributed by atoms with Crippen LogP contribution in [-0.2, 0) is 16.0 Å². The fourth-order valence-electron chi connectivity index (χ4n) is 3.16. The van der Waals surface area contributed by atoms with Crippen molar-refractivity contribution < 1.29 is 53.7 Å². The summed E-state index contributed by atoms with van der Waals surface area (Å²) in [7, 11) is 0. The normalized spacial score (nSPS) is 10.1. The molecule has 0 aromatic heterocycles. The number of hydrogen-bond donors (Lipinski definition) is 1. The fraction of sp³-hybridized carbons (Fsp3) is 0.200. The SMILES string of the molecule is NC(=O)Cc1ccc(Oc2ccccc2-c2ccccc2)cc1OCCCCC(=O)[O-].[Na+]. The maximum absolute atomic E-state index is 11.4. The van der Waals surface area contributed by atoms with Gasteiger partial charge in [0.25, 0.3) is 0 Å². The van der Waals surface area contributed by atoms with Crippen LogP contribution in [0.25, 0.3) is 11.1 Å². The van der Waals surface area contributed by atoms with Crippen LogP contribution in [0.3, 0.4) is 0 Å². The van der Waals surface area contributed by atoms with Crippen molar-refractivity contribution in [2.24, 2.45) is 5.73 Å². The van der Waals surface area contributed by atoms with Gasteiger partial charge in [-0.15, -0.1) is 0 Å². The zero-order chi connectivity index (χ0) is 22.1. The van der Waals surface area contributed by atoms with Crippen molar-refractivity contribution in [1.82, 2.24) is 0 Å². The second-order valence-electron chi connectivity index (χ2n) is 7.05. The van der Waals surface area contributed by atoms with E-state index in [1.165, 1.54) is 0 Å². The van der Waals surface area contributed by atoms with Gasteiger partial charge in [-0.1, -0.05) is 54.6 Å². The molecule has 7 heteroatoms. The van der Waals surface area contributed by atoms with E-state index in [0.29, 0.717) is 42.3 Å². The third-order valence-electron chi connectivity index (χ3n) is 4.64. The fourth-order valence-corrected chi connectivity index (χ4v) is 3.16. The number of rotatable bonds is 11. The van der Waals surface area contributed by atoms with Crippen LogP contribution in [0.15, 0.2) is 72.8 Å². The molecule has 0 saturated heterocycles. The number of primary amides is 1. The number of unbranched alkanes of at least 4 members (excludes halogenated alkanes) is 1. The Kier molecular flexibility index (Phi) is 10.3. The van der Waals surface area contributed by atoms with E-state index in [9.17, 15) is 14.7 Å². The summed E-state index contributed by atoms with van der Waals surface area (Å²) in [5, 5.41) is 10.5. The predicted molar refractivity (Wildman–Crippen MR) is 116 cm³/mol. The molecule has 0 aliphatic carbocycles. The van der Waals surface area contributed by atoms with Gasteiger partial charge in [0.2, 0.25) is 5.91 Å². The van der Waals surface area contributed by atoms with E-state index in [2.05, 4.69) is 0 Å². The molecule has 0 aliphatic heterocycles. The Balaban J connectivity index is 0.00000363. The molecule has 3 aromatic rings. The first-order chi connectivity index (χ1) is 15.0. The van der Waals surface area contributed by atoms with Crippen molar-refractivity contribution in [3.63, 3.8) is 0 Å². The van der Waals surface area contributed by atoms with Gasteiger partial charge in [-0.2, -0.15) is 0 Å². The Bertz CT molecular complexity index is 1040. The molecule has 0 unspecified atom stereocenters. The van der Waals surface area contributed by atoms with E-state index in [1.54, 1.807) is 18.2 Å². The van der Waals surface area contributed by atoms with E-state index in [0.717, 1.165) is 11.1 Å². The molecule has 0 atom stereocenters. The number of hydrogen-bond acceptors (Lipinski definition) is 5. The molecule has 0 aliphatic rings. The molecular weight excluding hydrogens is 417 g/mol. The number of amides is 1. The molecule has 2 N–H and O–H groups in total. The van der Waals surface area contributed by atoms with Crippen LogP contribution in [0.2, 0.25) is 0 Å². The number of benzene rings is 3. The summed E-state index contributed by atoms with van der Waals surface area (Å²) in [6.45, 7) is 0.309. The number of para-hydroxylation sites is 1. The monoisotopic (exact) mass is 441 g/mol. The molecule has 32 heavy (non-hydrogen) atoms. The Morgan fingerprint density at radius 3 is 2.31 bits per heavy atom. The van der Waals surface area contributed by atoms with Crippen LogP contribution < -0.4 is 49.9 Å². The molecule has 160 valence electrons. The van der Waals surface area contributed by atoms with Gasteiger partial charge in [0.15, 0.2) is 0 Å². The van der Waals surface area contributed by atoms with Crippen molar-refractivity contribution in [3.05, 3.63) is 78.4 Å². The van der Waals surface area contributed by atoms with Crippen molar-refractivity contribution >= 4 is 11.9 Å². The van der Waals surface area contributed by atoms with E-state index in [4.69, 9.17) is 15.2 Å². The van der Waals surface area contributed by atoms with Gasteiger partial charge in [-0.25, -0.2) is 0 Å². The summed E-state index contributed by atoms with van der Waals surface area (Å²) in [4.78, 5) is 21.9. The minimum absolute atomic E-state index is 0. The summed E-state index contributed by atoms with van der Waals surface area (Å²) in [5.41, 5.74) is 7.99.